The average molecular weight is 463 g/mol. The van der Waals surface area contributed by atoms with Crippen LogP contribution < -0.4 is 15.4 Å². The summed E-state index contributed by atoms with van der Waals surface area (Å²) in [5.41, 5.74) is 3.79. The number of rotatable bonds is 7. The minimum absolute atomic E-state index is 0.0453. The predicted octanol–water partition coefficient (Wildman–Crippen LogP) is 5.52. The lowest BCUT2D eigenvalue weighted by Crippen LogP contribution is -2.34. The first kappa shape index (κ1) is 23.0. The van der Waals surface area contributed by atoms with Crippen LogP contribution in [0.1, 0.15) is 35.7 Å². The van der Waals surface area contributed by atoms with Gasteiger partial charge in [-0.15, -0.1) is 0 Å². The number of ketones is 1. The quantitative estimate of drug-likeness (QED) is 0.485. The maximum absolute atomic E-state index is 13.0. The molecular formula is C27H27ClN2O3. The van der Waals surface area contributed by atoms with E-state index in [0.29, 0.717) is 22.0 Å². The van der Waals surface area contributed by atoms with E-state index in [1.54, 1.807) is 6.07 Å². The van der Waals surface area contributed by atoms with Crippen LogP contribution in [0.4, 0.5) is 5.69 Å². The summed E-state index contributed by atoms with van der Waals surface area (Å²) >= 11 is 6.40. The van der Waals surface area contributed by atoms with Gasteiger partial charge >= 0.3 is 0 Å². The molecule has 0 spiro atoms. The Bertz CT molecular complexity index is 1160. The zero-order chi connectivity index (χ0) is 23.2. The Morgan fingerprint density at radius 3 is 2.55 bits per heavy atom. The fourth-order valence-corrected chi connectivity index (χ4v) is 4.13. The molecule has 0 atom stereocenters. The van der Waals surface area contributed by atoms with Crippen molar-refractivity contribution >= 4 is 29.0 Å². The third-order valence-corrected chi connectivity index (χ3v) is 5.99. The minimum Gasteiger partial charge on any atom is -0.489 e. The van der Waals surface area contributed by atoms with Crippen LogP contribution in [0.2, 0.25) is 5.02 Å². The number of ether oxygens (including phenoxy) is 1. The summed E-state index contributed by atoms with van der Waals surface area (Å²) in [4.78, 5) is 24.5. The monoisotopic (exact) mass is 462 g/mol. The van der Waals surface area contributed by atoms with Crippen LogP contribution in [-0.2, 0) is 11.2 Å². The fraction of sp³-hybridized carbons (Fsp3) is 0.259. The van der Waals surface area contributed by atoms with Gasteiger partial charge in [0.2, 0.25) is 0 Å². The molecule has 0 bridgehead atoms. The Morgan fingerprint density at radius 1 is 1.00 bits per heavy atom. The van der Waals surface area contributed by atoms with Gasteiger partial charge in [0.15, 0.2) is 0 Å². The number of carbonyl (C=O) groups excluding carboxylic acids is 2. The van der Waals surface area contributed by atoms with Crippen molar-refractivity contribution in [3.63, 3.8) is 0 Å². The van der Waals surface area contributed by atoms with E-state index in [2.05, 4.69) is 10.6 Å². The first-order valence-electron chi connectivity index (χ1n) is 11.2. The van der Waals surface area contributed by atoms with Gasteiger partial charge in [0.05, 0.1) is 5.02 Å². The van der Waals surface area contributed by atoms with E-state index in [-0.39, 0.29) is 24.2 Å². The molecule has 170 valence electrons. The molecule has 0 radical (unpaired) electrons. The van der Waals surface area contributed by atoms with Crippen LogP contribution in [0.3, 0.4) is 0 Å². The number of para-hydroxylation sites is 1. The van der Waals surface area contributed by atoms with Crippen molar-refractivity contribution in [3.8, 4) is 16.9 Å². The van der Waals surface area contributed by atoms with Crippen molar-refractivity contribution in [1.82, 2.24) is 5.32 Å². The summed E-state index contributed by atoms with van der Waals surface area (Å²) in [7, 11) is 0. The number of Topliss-reactive ketones (excluding diaryl/α,β-unsaturated/α-hetero) is 1. The molecule has 6 heteroatoms. The Morgan fingerprint density at radius 2 is 1.76 bits per heavy atom. The SMILES string of the molecule is CC(=O)Cc1ccccc1NC(=O)c1cccc(-c2ccc(Cl)c(OC3CCNCC3)c2)c1. The van der Waals surface area contributed by atoms with Crippen molar-refractivity contribution in [2.75, 3.05) is 18.4 Å². The van der Waals surface area contributed by atoms with E-state index in [4.69, 9.17) is 16.3 Å². The van der Waals surface area contributed by atoms with Gasteiger partial charge in [-0.25, -0.2) is 0 Å². The third kappa shape index (κ3) is 6.01. The number of piperidine rings is 1. The molecule has 4 rings (SSSR count). The van der Waals surface area contributed by atoms with Crippen molar-refractivity contribution in [1.29, 1.82) is 0 Å². The van der Waals surface area contributed by atoms with Gasteiger partial charge in [0, 0.05) is 17.7 Å². The van der Waals surface area contributed by atoms with Crippen LogP contribution >= 0.6 is 11.6 Å². The van der Waals surface area contributed by atoms with Crippen LogP contribution in [0.15, 0.2) is 66.7 Å². The normalized spacial score (nSPS) is 14.0. The number of hydrogen-bond donors (Lipinski definition) is 2. The molecular weight excluding hydrogens is 436 g/mol. The van der Waals surface area contributed by atoms with Crippen molar-refractivity contribution in [3.05, 3.63) is 82.9 Å². The molecule has 1 fully saturated rings. The number of benzene rings is 3. The van der Waals surface area contributed by atoms with Gasteiger partial charge in [-0.05, 0) is 79.9 Å². The van der Waals surface area contributed by atoms with E-state index in [0.717, 1.165) is 42.6 Å². The molecule has 1 aliphatic rings. The number of halogens is 1. The topological polar surface area (TPSA) is 67.4 Å². The highest BCUT2D eigenvalue weighted by atomic mass is 35.5. The average Bonchev–Trinajstić information content (AvgIpc) is 2.82. The molecule has 0 unspecified atom stereocenters. The highest BCUT2D eigenvalue weighted by molar-refractivity contribution is 6.32. The standard InChI is InChI=1S/C27H27ClN2O3/c1-18(31)15-21-5-2-3-8-25(21)30-27(32)22-7-4-6-19(16-22)20-9-10-24(28)26(17-20)33-23-11-13-29-14-12-23/h2-10,16-17,23,29H,11-15H2,1H3,(H,30,32). The van der Waals surface area contributed by atoms with E-state index < -0.39 is 0 Å². The number of hydrogen-bond acceptors (Lipinski definition) is 4. The van der Waals surface area contributed by atoms with Crippen LogP contribution in [0.25, 0.3) is 11.1 Å². The largest absolute Gasteiger partial charge is 0.489 e. The molecule has 0 aliphatic carbocycles. The van der Waals surface area contributed by atoms with Crippen LogP contribution in [0.5, 0.6) is 5.75 Å². The maximum atomic E-state index is 13.0. The second kappa shape index (κ2) is 10.6. The molecule has 2 N–H and O–H groups in total. The smallest absolute Gasteiger partial charge is 0.255 e. The molecule has 0 aromatic heterocycles. The maximum Gasteiger partial charge on any atom is 0.255 e. The summed E-state index contributed by atoms with van der Waals surface area (Å²) < 4.78 is 6.17. The molecule has 5 nitrogen and oxygen atoms in total. The molecule has 1 aliphatic heterocycles. The van der Waals surface area contributed by atoms with Crippen molar-refractivity contribution in [2.45, 2.75) is 32.3 Å². The van der Waals surface area contributed by atoms with E-state index in [1.165, 1.54) is 6.92 Å². The van der Waals surface area contributed by atoms with Gasteiger partial charge in [0.1, 0.15) is 17.6 Å². The Labute approximate surface area is 199 Å². The zero-order valence-corrected chi connectivity index (χ0v) is 19.3. The fourth-order valence-electron chi connectivity index (χ4n) is 3.97. The Hall–Kier alpha value is -3.15. The Kier molecular flexibility index (Phi) is 7.43. The van der Waals surface area contributed by atoms with Crippen molar-refractivity contribution < 1.29 is 14.3 Å². The number of amides is 1. The highest BCUT2D eigenvalue weighted by Crippen LogP contribution is 2.32. The lowest BCUT2D eigenvalue weighted by Gasteiger charge is -2.24. The van der Waals surface area contributed by atoms with Gasteiger partial charge in [0.25, 0.3) is 5.91 Å². The van der Waals surface area contributed by atoms with E-state index in [1.807, 2.05) is 60.7 Å². The van der Waals surface area contributed by atoms with Crippen LogP contribution in [0, 0.1) is 0 Å². The second-order valence-corrected chi connectivity index (χ2v) is 8.69. The van der Waals surface area contributed by atoms with Gasteiger partial charge in [-0.1, -0.05) is 48.0 Å². The lowest BCUT2D eigenvalue weighted by atomic mass is 10.0. The third-order valence-electron chi connectivity index (χ3n) is 5.67. The van der Waals surface area contributed by atoms with E-state index in [9.17, 15) is 9.59 Å². The molecule has 33 heavy (non-hydrogen) atoms. The van der Waals surface area contributed by atoms with Gasteiger partial charge in [-0.3, -0.25) is 9.59 Å². The molecule has 1 amide bonds. The lowest BCUT2D eigenvalue weighted by molar-refractivity contribution is -0.116. The Balaban J connectivity index is 1.54. The summed E-state index contributed by atoms with van der Waals surface area (Å²) in [6.07, 6.45) is 2.31. The summed E-state index contributed by atoms with van der Waals surface area (Å²) in [6.45, 7) is 3.42. The number of nitrogens with one attached hydrogen (secondary N) is 2. The first-order chi connectivity index (χ1) is 16.0. The molecule has 3 aromatic carbocycles. The number of anilines is 1. The van der Waals surface area contributed by atoms with Crippen molar-refractivity contribution in [2.24, 2.45) is 0 Å². The number of carbonyl (C=O) groups is 2. The van der Waals surface area contributed by atoms with E-state index >= 15 is 0 Å². The predicted molar refractivity (Wildman–Crippen MR) is 132 cm³/mol. The molecule has 1 heterocycles. The van der Waals surface area contributed by atoms with Gasteiger partial charge in [-0.2, -0.15) is 0 Å². The summed E-state index contributed by atoms with van der Waals surface area (Å²) in [5.74, 6) is 0.478. The minimum atomic E-state index is -0.229. The first-order valence-corrected chi connectivity index (χ1v) is 11.5. The zero-order valence-electron chi connectivity index (χ0n) is 18.6. The molecule has 3 aromatic rings. The summed E-state index contributed by atoms with van der Waals surface area (Å²) in [6, 6.07) is 20.5. The molecule has 0 saturated carbocycles. The molecule has 1 saturated heterocycles. The van der Waals surface area contributed by atoms with Crippen LogP contribution in [-0.4, -0.2) is 30.9 Å². The second-order valence-electron chi connectivity index (χ2n) is 8.28. The highest BCUT2D eigenvalue weighted by Gasteiger charge is 2.17. The summed E-state index contributed by atoms with van der Waals surface area (Å²) in [5, 5.41) is 6.85. The van der Waals surface area contributed by atoms with Gasteiger partial charge < -0.3 is 15.4 Å².